The molecule has 5 aromatic heterocycles. The molecule has 0 aliphatic heterocycles. The quantitative estimate of drug-likeness (QED) is 0.00954. The normalized spacial score (nSPS) is 9.82. The summed E-state index contributed by atoms with van der Waals surface area (Å²) in [7, 11) is 14.4. The maximum Gasteiger partial charge on any atom is 0.294 e. The van der Waals surface area contributed by atoms with Crippen LogP contribution in [0.25, 0.3) is 51.1 Å². The zero-order valence-corrected chi connectivity index (χ0v) is 76.8. The minimum absolute atomic E-state index is 0. The number of anilines is 5. The van der Waals surface area contributed by atoms with E-state index in [-0.39, 0.29) is 73.7 Å². The van der Waals surface area contributed by atoms with Crippen LogP contribution < -0.4 is 45.1 Å². The number of carbonyl (C=O) groups excluding carboxylic acids is 1. The number of nitro benzene ring substituents is 5. The highest BCUT2D eigenvalue weighted by Crippen LogP contribution is 2.35. The van der Waals surface area contributed by atoms with Crippen LogP contribution in [-0.2, 0) is 14.3 Å². The van der Waals surface area contributed by atoms with E-state index in [2.05, 4.69) is 122 Å². The number of benzene rings is 10. The lowest BCUT2D eigenvalue weighted by molar-refractivity contribution is -0.384. The van der Waals surface area contributed by atoms with Crippen molar-refractivity contribution in [1.82, 2.24) is 24.9 Å². The Kier molecular flexibility index (Phi) is 40.6. The summed E-state index contributed by atoms with van der Waals surface area (Å²) in [6, 6.07) is 51.0. The molecule has 41 heteroatoms. The SMILES string of the molecule is C.C.C#Cc1ccc(NC)c([N+](=O)[O-])c1.CNc1ccc(C#Cc2nc3ccc(O)cc3s2)cc1[N+](=O)[O-].CNc1ccc(C#Cc2nc3ccc(OC)cc3s2)cc1[N+](=O)[O-].CNc1ccc(C#Cc2nc3ccc(OCOC)cc3s2)cc1[N+](=O)[O-].COCOc1ccc2nc(C#Cc3ccc(N(C)C=O)c([N+](=O)[O-])c3)sc2c1.COc1ccc2nc(I)sc2c1.ClCCl. The van der Waals surface area contributed by atoms with Gasteiger partial charge >= 0.3 is 0 Å². The summed E-state index contributed by atoms with van der Waals surface area (Å²) >= 11 is 19.1. The van der Waals surface area contributed by atoms with Gasteiger partial charge in [-0.25, -0.2) is 24.9 Å². The number of aromatic hydroxyl groups is 1. The van der Waals surface area contributed by atoms with E-state index in [1.54, 1.807) is 147 Å². The third kappa shape index (κ3) is 29.7. The number of fused-ring (bicyclic) bond motifs is 5. The van der Waals surface area contributed by atoms with Crippen LogP contribution in [-0.4, -0.2) is 144 Å². The first-order valence-corrected chi connectivity index (χ1v) is 43.1. The number of carbonyl (C=O) groups is 1. The van der Waals surface area contributed by atoms with Crippen molar-refractivity contribution in [3.63, 3.8) is 0 Å². The highest BCUT2D eigenvalue weighted by Gasteiger charge is 2.20. The molecule has 1 amide bonds. The number of nitrogens with one attached hydrogen (secondary N) is 4. The van der Waals surface area contributed by atoms with E-state index < -0.39 is 24.6 Å². The second-order valence-corrected chi connectivity index (χ2v) is 32.8. The molecule has 0 spiro atoms. The monoisotopic (exact) mass is 2010 g/mol. The van der Waals surface area contributed by atoms with Crippen molar-refractivity contribution < 1.29 is 62.9 Å². The van der Waals surface area contributed by atoms with E-state index in [1.165, 1.54) is 93.5 Å². The zero-order valence-electron chi connectivity index (χ0n) is 69.1. The average Bonchev–Trinajstić information content (AvgIpc) is 1.76. The van der Waals surface area contributed by atoms with Gasteiger partial charge in [0.1, 0.15) is 57.2 Å². The summed E-state index contributed by atoms with van der Waals surface area (Å²) in [5.74, 6) is 28.9. The standard InChI is InChI=1S/C19H15N3O5S.C18H15N3O4S.C17H13N3O3S.C16H11N3O3S.C9H8N2O2.C8H6INOS.CH2Cl2.2CH4/c1-21(11-23)16-7-3-13(9-17(16)22(24)25)4-8-19-20-15-6-5-14(27-12-26-2)10-18(15)28-19;1-19-14-6-3-12(9-16(14)21(22)23)4-8-18-20-15-7-5-13(25-11-24-2)10-17(15)26-18;1-18-13-6-3-11(9-15(13)20(21)22)4-8-17-19-14-7-5-12(23-2)10-16(14)24-17;1-17-12-5-2-10(8-14(12)19(21)22)3-7-16-18-13-6-4-11(20)9-15(13)23-16;1-3-7-4-5-8(10-2)9(6-7)11(12)13;1-11-5-2-3-6-7(4-5)12-8(9)10-6;2-1-3;;/h3,5-7,9-11H,12H2,1-2H3;3,5-7,9-10,19H,11H2,1-2H3;3,5-7,9-10,18H,1-2H3;2,4-6,8-9,17,20H,1H3;1,4-6,10H,2H3;2-4H,1H3;1H2;2*1H4. The topological polar surface area (TPSA) is 424 Å². The lowest BCUT2D eigenvalue weighted by atomic mass is 10.1. The van der Waals surface area contributed by atoms with Gasteiger partial charge in [0, 0.05) is 108 Å². The molecule has 10 aromatic carbocycles. The molecule has 0 fully saturated rings. The summed E-state index contributed by atoms with van der Waals surface area (Å²) in [4.78, 5) is 86.8. The van der Waals surface area contributed by atoms with Crippen molar-refractivity contribution in [2.45, 2.75) is 14.9 Å². The molecule has 131 heavy (non-hydrogen) atoms. The van der Waals surface area contributed by atoms with Crippen molar-refractivity contribution in [3.05, 3.63) is 283 Å². The predicted molar refractivity (Wildman–Crippen MR) is 531 cm³/mol. The smallest absolute Gasteiger partial charge is 0.294 e. The Morgan fingerprint density at radius 1 is 0.412 bits per heavy atom. The number of hydrogen-bond acceptors (Lipinski definition) is 32. The first kappa shape index (κ1) is 103. The molecule has 0 atom stereocenters. The first-order valence-electron chi connectivity index (χ1n) is 36.9. The number of aromatic nitrogens is 5. The first-order chi connectivity index (χ1) is 62.2. The molecule has 15 aromatic rings. The highest BCUT2D eigenvalue weighted by molar-refractivity contribution is 14.1. The Hall–Kier alpha value is -14.7. The molecule has 0 unspecified atom stereocenters. The number of terminal acetylenes is 1. The number of hydrogen-bond donors (Lipinski definition) is 5. The summed E-state index contributed by atoms with van der Waals surface area (Å²) in [5.41, 5.74) is 8.67. The van der Waals surface area contributed by atoms with Gasteiger partial charge in [0.05, 0.1) is 95.3 Å². The van der Waals surface area contributed by atoms with E-state index in [1.807, 2.05) is 66.7 Å². The van der Waals surface area contributed by atoms with E-state index >= 15 is 0 Å². The number of thiazole rings is 5. The highest BCUT2D eigenvalue weighted by atomic mass is 127. The van der Waals surface area contributed by atoms with Crippen LogP contribution in [0.1, 0.15) is 62.7 Å². The Morgan fingerprint density at radius 2 is 0.695 bits per heavy atom. The number of nitro groups is 5. The van der Waals surface area contributed by atoms with Gasteiger partial charge in [-0.1, -0.05) is 44.5 Å². The fourth-order valence-corrected chi connectivity index (χ4v) is 16.0. The molecule has 0 bridgehead atoms. The van der Waals surface area contributed by atoms with Crippen LogP contribution in [0, 0.1) is 113 Å². The fraction of sp³-hybridized carbons (Fsp3) is 0.156. The number of phenolic OH excluding ortho intramolecular Hbond substituents is 1. The third-order valence-electron chi connectivity index (χ3n) is 16.9. The van der Waals surface area contributed by atoms with Crippen LogP contribution in [0.15, 0.2) is 182 Å². The van der Waals surface area contributed by atoms with Crippen LogP contribution in [0.2, 0.25) is 0 Å². The number of methoxy groups -OCH3 is 4. The summed E-state index contributed by atoms with van der Waals surface area (Å²) in [6.07, 6.45) is 5.63. The van der Waals surface area contributed by atoms with Gasteiger partial charge < -0.3 is 59.7 Å². The summed E-state index contributed by atoms with van der Waals surface area (Å²) in [6.45, 7) is 0.337. The zero-order chi connectivity index (χ0) is 93.2. The lowest BCUT2D eigenvalue weighted by Crippen LogP contribution is -2.15. The van der Waals surface area contributed by atoms with Crippen molar-refractivity contribution in [3.8, 4) is 88.5 Å². The molecule has 672 valence electrons. The van der Waals surface area contributed by atoms with Crippen molar-refractivity contribution in [2.75, 3.05) is 109 Å². The Bertz CT molecular complexity index is 6960. The van der Waals surface area contributed by atoms with Gasteiger partial charge in [0.2, 0.25) is 6.41 Å². The lowest BCUT2D eigenvalue weighted by Gasteiger charge is -2.10. The molecule has 33 nitrogen and oxygen atoms in total. The molecule has 0 radical (unpaired) electrons. The molecule has 0 saturated heterocycles. The van der Waals surface area contributed by atoms with Crippen LogP contribution >= 0.6 is 102 Å². The van der Waals surface area contributed by atoms with E-state index in [9.17, 15) is 60.5 Å². The molecule has 5 N–H and O–H groups in total. The van der Waals surface area contributed by atoms with E-state index in [4.69, 9.17) is 58.0 Å². The molecule has 0 saturated carbocycles. The Morgan fingerprint density at radius 3 is 1.01 bits per heavy atom. The number of amides is 1. The van der Waals surface area contributed by atoms with Gasteiger partial charge in [-0.15, -0.1) is 86.3 Å². The van der Waals surface area contributed by atoms with Gasteiger partial charge in [0.15, 0.2) is 36.6 Å². The number of ether oxygens (including phenoxy) is 6. The molecular weight excluding hydrogens is 1940 g/mol. The van der Waals surface area contributed by atoms with Crippen molar-refractivity contribution >= 4 is 217 Å². The molecule has 0 aliphatic carbocycles. The molecule has 5 heterocycles. The minimum atomic E-state index is -0.542. The Labute approximate surface area is 794 Å². The summed E-state index contributed by atoms with van der Waals surface area (Å²) in [5, 5.41) is 78.2. The van der Waals surface area contributed by atoms with Gasteiger partial charge in [-0.05, 0) is 198 Å². The molecule has 0 aliphatic rings. The van der Waals surface area contributed by atoms with Gasteiger partial charge in [-0.3, -0.25) is 55.4 Å². The second-order valence-electron chi connectivity index (χ2n) is 25.1. The van der Waals surface area contributed by atoms with Crippen molar-refractivity contribution in [1.29, 1.82) is 0 Å². The number of alkyl halides is 2. The van der Waals surface area contributed by atoms with Crippen LogP contribution in [0.5, 0.6) is 28.7 Å². The number of rotatable bonds is 19. The predicted octanol–water partition coefficient (Wildman–Crippen LogP) is 21.0. The van der Waals surface area contributed by atoms with Gasteiger partial charge in [-0.2, -0.15) is 0 Å². The van der Waals surface area contributed by atoms with Gasteiger partial charge in [0.25, 0.3) is 28.4 Å². The number of phenols is 1. The molecule has 15 rings (SSSR count). The number of halogens is 3. The summed E-state index contributed by atoms with van der Waals surface area (Å²) < 4.78 is 36.8. The van der Waals surface area contributed by atoms with Crippen LogP contribution in [0.4, 0.5) is 56.9 Å². The maximum absolute atomic E-state index is 11.3. The number of nitrogens with zero attached hydrogens (tertiary/aromatic N) is 11. The fourth-order valence-electron chi connectivity index (χ4n) is 10.9. The second kappa shape index (κ2) is 51.4. The average molecular weight is 2020 g/mol. The van der Waals surface area contributed by atoms with Crippen LogP contribution in [0.3, 0.4) is 0 Å². The maximum atomic E-state index is 11.3. The third-order valence-corrected chi connectivity index (χ3v) is 22.4. The van der Waals surface area contributed by atoms with E-state index in [0.29, 0.717) is 88.5 Å². The van der Waals surface area contributed by atoms with E-state index in [0.717, 1.165) is 65.8 Å². The Balaban J connectivity index is 0.000000217. The minimum Gasteiger partial charge on any atom is -0.508 e. The largest absolute Gasteiger partial charge is 0.508 e. The molecular formula is C90H78Cl2IN15O18S5. The van der Waals surface area contributed by atoms with Crippen molar-refractivity contribution in [2.24, 2.45) is 0 Å².